The van der Waals surface area contributed by atoms with Crippen molar-refractivity contribution in [3.8, 4) is 0 Å². The molecule has 0 aliphatic carbocycles. The Morgan fingerprint density at radius 2 is 1.96 bits per heavy atom. The molecule has 3 amide bonds. The lowest BCUT2D eigenvalue weighted by atomic mass is 10.2. The van der Waals surface area contributed by atoms with Gasteiger partial charge in [-0.2, -0.15) is 0 Å². The Labute approximate surface area is 167 Å². The first-order valence-electron chi connectivity index (χ1n) is 8.87. The van der Waals surface area contributed by atoms with E-state index < -0.39 is 0 Å². The number of urea groups is 1. The molecule has 146 valence electrons. The molecule has 0 atom stereocenters. The standard InChI is InChI=1S/C19H21ClN6O2/c1-12(2)22-18(27)13-7-8-17-16(11-13)24-25-26(17)10-9-21-19(28)23-15-6-4-3-5-14(15)20/h3-8,11-12H,9-10H2,1-2H3,(H,22,27)(H2,21,23,28). The van der Waals surface area contributed by atoms with Gasteiger partial charge in [-0.25, -0.2) is 9.48 Å². The number of carbonyl (C=O) groups excluding carboxylic acids is 2. The van der Waals surface area contributed by atoms with Gasteiger partial charge in [-0.1, -0.05) is 28.9 Å². The smallest absolute Gasteiger partial charge is 0.319 e. The number of hydrogen-bond acceptors (Lipinski definition) is 4. The minimum atomic E-state index is -0.356. The number of nitrogens with zero attached hydrogens (tertiary/aromatic N) is 3. The third-order valence-electron chi connectivity index (χ3n) is 3.93. The van der Waals surface area contributed by atoms with Gasteiger partial charge in [0.05, 0.1) is 22.8 Å². The van der Waals surface area contributed by atoms with Crippen LogP contribution >= 0.6 is 11.6 Å². The summed E-state index contributed by atoms with van der Waals surface area (Å²) >= 11 is 6.02. The molecule has 0 saturated carbocycles. The molecular weight excluding hydrogens is 380 g/mol. The van der Waals surface area contributed by atoms with Gasteiger partial charge in [0.1, 0.15) is 5.52 Å². The van der Waals surface area contributed by atoms with Crippen LogP contribution in [0.3, 0.4) is 0 Å². The minimum absolute atomic E-state index is 0.0573. The van der Waals surface area contributed by atoms with Crippen LogP contribution in [0.15, 0.2) is 42.5 Å². The molecule has 3 rings (SSSR count). The zero-order chi connectivity index (χ0) is 20.1. The van der Waals surface area contributed by atoms with E-state index >= 15 is 0 Å². The first kappa shape index (κ1) is 19.6. The molecule has 0 bridgehead atoms. The summed E-state index contributed by atoms with van der Waals surface area (Å²) in [4.78, 5) is 24.1. The average Bonchev–Trinajstić information content (AvgIpc) is 3.05. The Balaban J connectivity index is 1.58. The highest BCUT2D eigenvalue weighted by Crippen LogP contribution is 2.20. The van der Waals surface area contributed by atoms with E-state index in [1.165, 1.54) is 0 Å². The SMILES string of the molecule is CC(C)NC(=O)c1ccc2c(c1)nnn2CCNC(=O)Nc1ccccc1Cl. The maximum absolute atomic E-state index is 12.1. The second-order valence-electron chi connectivity index (χ2n) is 6.50. The van der Waals surface area contributed by atoms with E-state index in [4.69, 9.17) is 11.6 Å². The van der Waals surface area contributed by atoms with Gasteiger partial charge in [-0.05, 0) is 44.2 Å². The Morgan fingerprint density at radius 3 is 2.71 bits per heavy atom. The predicted octanol–water partition coefficient (Wildman–Crippen LogP) is 3.04. The summed E-state index contributed by atoms with van der Waals surface area (Å²) in [5.74, 6) is -0.149. The summed E-state index contributed by atoms with van der Waals surface area (Å²) in [5.41, 5.74) is 2.48. The fraction of sp³-hybridized carbons (Fsp3) is 0.263. The van der Waals surface area contributed by atoms with Crippen molar-refractivity contribution in [3.05, 3.63) is 53.1 Å². The number of fused-ring (bicyclic) bond motifs is 1. The van der Waals surface area contributed by atoms with Crippen LogP contribution in [0.5, 0.6) is 0 Å². The van der Waals surface area contributed by atoms with Gasteiger partial charge in [0, 0.05) is 18.2 Å². The van der Waals surface area contributed by atoms with Gasteiger partial charge in [0.15, 0.2) is 0 Å². The Morgan fingerprint density at radius 1 is 1.18 bits per heavy atom. The van der Waals surface area contributed by atoms with Crippen LogP contribution in [0.1, 0.15) is 24.2 Å². The third kappa shape index (κ3) is 4.77. The number of benzene rings is 2. The van der Waals surface area contributed by atoms with Gasteiger partial charge >= 0.3 is 6.03 Å². The molecule has 8 nitrogen and oxygen atoms in total. The van der Waals surface area contributed by atoms with E-state index in [-0.39, 0.29) is 18.0 Å². The van der Waals surface area contributed by atoms with E-state index in [9.17, 15) is 9.59 Å². The van der Waals surface area contributed by atoms with E-state index in [0.717, 1.165) is 5.52 Å². The van der Waals surface area contributed by atoms with Gasteiger partial charge < -0.3 is 16.0 Å². The van der Waals surface area contributed by atoms with Crippen LogP contribution in [0, 0.1) is 0 Å². The third-order valence-corrected chi connectivity index (χ3v) is 4.26. The van der Waals surface area contributed by atoms with Crippen LogP contribution in [-0.2, 0) is 6.54 Å². The molecule has 9 heteroatoms. The molecule has 3 N–H and O–H groups in total. The molecule has 1 aromatic heterocycles. The van der Waals surface area contributed by atoms with Crippen molar-refractivity contribution in [2.24, 2.45) is 0 Å². The first-order chi connectivity index (χ1) is 13.4. The molecular formula is C19H21ClN6O2. The second kappa shape index (κ2) is 8.71. The van der Waals surface area contributed by atoms with Crippen molar-refractivity contribution in [3.63, 3.8) is 0 Å². The van der Waals surface area contributed by atoms with Crippen molar-refractivity contribution in [2.45, 2.75) is 26.4 Å². The molecule has 0 aliphatic heterocycles. The molecule has 0 spiro atoms. The first-order valence-corrected chi connectivity index (χ1v) is 9.25. The lowest BCUT2D eigenvalue weighted by Gasteiger charge is -2.09. The monoisotopic (exact) mass is 400 g/mol. The lowest BCUT2D eigenvalue weighted by molar-refractivity contribution is 0.0943. The minimum Gasteiger partial charge on any atom is -0.350 e. The highest BCUT2D eigenvalue weighted by molar-refractivity contribution is 6.33. The molecule has 0 saturated heterocycles. The van der Waals surface area contributed by atoms with Crippen molar-refractivity contribution in [2.75, 3.05) is 11.9 Å². The lowest BCUT2D eigenvalue weighted by Crippen LogP contribution is -2.31. The van der Waals surface area contributed by atoms with Crippen LogP contribution in [0.25, 0.3) is 11.0 Å². The molecule has 28 heavy (non-hydrogen) atoms. The molecule has 2 aromatic carbocycles. The molecule has 0 aliphatic rings. The molecule has 0 unspecified atom stereocenters. The van der Waals surface area contributed by atoms with Gasteiger partial charge in [-0.3, -0.25) is 4.79 Å². The topological polar surface area (TPSA) is 101 Å². The van der Waals surface area contributed by atoms with Gasteiger partial charge in [0.2, 0.25) is 0 Å². The number of aromatic nitrogens is 3. The number of para-hydroxylation sites is 1. The number of amides is 3. The maximum atomic E-state index is 12.1. The van der Waals surface area contributed by atoms with Crippen molar-refractivity contribution in [1.82, 2.24) is 25.6 Å². The summed E-state index contributed by atoms with van der Waals surface area (Å²) in [6, 6.07) is 11.9. The Bertz CT molecular complexity index is 1000. The van der Waals surface area contributed by atoms with Gasteiger partial charge in [-0.15, -0.1) is 5.10 Å². The number of rotatable bonds is 6. The number of hydrogen-bond donors (Lipinski definition) is 3. The van der Waals surface area contributed by atoms with Crippen LogP contribution in [0.2, 0.25) is 5.02 Å². The van der Waals surface area contributed by atoms with Crippen molar-refractivity contribution in [1.29, 1.82) is 0 Å². The number of nitrogens with one attached hydrogen (secondary N) is 3. The highest BCUT2D eigenvalue weighted by Gasteiger charge is 2.11. The fourth-order valence-corrected chi connectivity index (χ4v) is 2.81. The molecule has 0 fully saturated rings. The summed E-state index contributed by atoms with van der Waals surface area (Å²) in [6.45, 7) is 4.59. The molecule has 0 radical (unpaired) electrons. The van der Waals surface area contributed by atoms with Crippen LogP contribution in [-0.4, -0.2) is 39.5 Å². The van der Waals surface area contributed by atoms with E-state index in [2.05, 4.69) is 26.3 Å². The number of halogens is 1. The van der Waals surface area contributed by atoms with E-state index in [1.807, 2.05) is 13.8 Å². The summed E-state index contributed by atoms with van der Waals surface area (Å²) in [7, 11) is 0. The normalized spacial score (nSPS) is 10.9. The maximum Gasteiger partial charge on any atom is 0.319 e. The largest absolute Gasteiger partial charge is 0.350 e. The summed E-state index contributed by atoms with van der Waals surface area (Å²) in [5, 5.41) is 17.0. The van der Waals surface area contributed by atoms with E-state index in [1.54, 1.807) is 47.1 Å². The Hall–Kier alpha value is -3.13. The zero-order valence-electron chi connectivity index (χ0n) is 15.6. The average molecular weight is 401 g/mol. The summed E-state index contributed by atoms with van der Waals surface area (Å²) in [6.07, 6.45) is 0. The molecule has 1 heterocycles. The highest BCUT2D eigenvalue weighted by atomic mass is 35.5. The number of anilines is 1. The summed E-state index contributed by atoms with van der Waals surface area (Å²) < 4.78 is 1.68. The fourth-order valence-electron chi connectivity index (χ4n) is 2.63. The van der Waals surface area contributed by atoms with Crippen LogP contribution < -0.4 is 16.0 Å². The predicted molar refractivity (Wildman–Crippen MR) is 109 cm³/mol. The quantitative estimate of drug-likeness (QED) is 0.592. The zero-order valence-corrected chi connectivity index (χ0v) is 16.3. The Kier molecular flexibility index (Phi) is 6.10. The second-order valence-corrected chi connectivity index (χ2v) is 6.91. The van der Waals surface area contributed by atoms with E-state index in [0.29, 0.717) is 34.9 Å². The van der Waals surface area contributed by atoms with Crippen LogP contribution in [0.4, 0.5) is 10.5 Å². The van der Waals surface area contributed by atoms with Crippen molar-refractivity contribution >= 4 is 40.3 Å². The van der Waals surface area contributed by atoms with Crippen molar-refractivity contribution < 1.29 is 9.59 Å². The van der Waals surface area contributed by atoms with Gasteiger partial charge in [0.25, 0.3) is 5.91 Å². The number of carbonyl (C=O) groups is 2. The molecule has 3 aromatic rings.